The van der Waals surface area contributed by atoms with Crippen LogP contribution in [0, 0.1) is 0 Å². The van der Waals surface area contributed by atoms with Gasteiger partial charge in [-0.05, 0) is 63.3 Å². The first-order chi connectivity index (χ1) is 10.1. The fourth-order valence-corrected chi connectivity index (χ4v) is 2.85. The standard InChI is InChI=1S/C15H16Br2N2O2/c1-10(20)9-21-13-5-3-2-4-11(13)6-7-12-8-18-15(17)19-14(12)16/h2-5,8,10,20H,6-7,9H2,1H3. The Kier molecular flexibility index (Phi) is 6.14. The molecule has 1 aromatic heterocycles. The van der Waals surface area contributed by atoms with E-state index in [2.05, 4.69) is 41.8 Å². The van der Waals surface area contributed by atoms with Gasteiger partial charge in [0.15, 0.2) is 4.73 Å². The van der Waals surface area contributed by atoms with Gasteiger partial charge >= 0.3 is 0 Å². The monoisotopic (exact) mass is 414 g/mol. The molecule has 0 aliphatic carbocycles. The molecule has 1 heterocycles. The maximum atomic E-state index is 9.32. The normalized spacial score (nSPS) is 12.2. The fourth-order valence-electron chi connectivity index (χ4n) is 1.86. The first kappa shape index (κ1) is 16.4. The van der Waals surface area contributed by atoms with Crippen molar-refractivity contribution in [3.05, 3.63) is 50.9 Å². The lowest BCUT2D eigenvalue weighted by atomic mass is 10.1. The van der Waals surface area contributed by atoms with Gasteiger partial charge in [0, 0.05) is 11.8 Å². The average molecular weight is 416 g/mol. The molecule has 0 aliphatic rings. The molecule has 1 unspecified atom stereocenters. The number of rotatable bonds is 6. The number of halogens is 2. The molecule has 0 fully saturated rings. The van der Waals surface area contributed by atoms with E-state index in [4.69, 9.17) is 4.74 Å². The molecule has 6 heteroatoms. The molecular formula is C15H16Br2N2O2. The number of aliphatic hydroxyl groups is 1. The second-order valence-electron chi connectivity index (χ2n) is 4.72. The zero-order valence-electron chi connectivity index (χ0n) is 11.6. The van der Waals surface area contributed by atoms with Crippen LogP contribution >= 0.6 is 31.9 Å². The van der Waals surface area contributed by atoms with E-state index in [0.29, 0.717) is 11.3 Å². The third kappa shape index (κ3) is 5.05. The van der Waals surface area contributed by atoms with Crippen LogP contribution in [0.25, 0.3) is 0 Å². The lowest BCUT2D eigenvalue weighted by molar-refractivity contribution is 0.122. The Hall–Kier alpha value is -0.980. The van der Waals surface area contributed by atoms with Crippen LogP contribution in [0.1, 0.15) is 18.1 Å². The maximum Gasteiger partial charge on any atom is 0.197 e. The van der Waals surface area contributed by atoms with E-state index >= 15 is 0 Å². The fraction of sp³-hybridized carbons (Fsp3) is 0.333. The molecule has 0 bridgehead atoms. The highest BCUT2D eigenvalue weighted by atomic mass is 79.9. The van der Waals surface area contributed by atoms with Crippen molar-refractivity contribution < 1.29 is 9.84 Å². The maximum absolute atomic E-state index is 9.32. The number of nitrogens with zero attached hydrogens (tertiary/aromatic N) is 2. The Morgan fingerprint density at radius 3 is 2.62 bits per heavy atom. The Morgan fingerprint density at radius 1 is 1.19 bits per heavy atom. The SMILES string of the molecule is CC(O)COc1ccccc1CCc1cnc(Br)nc1Br. The van der Waals surface area contributed by atoms with Crippen LogP contribution < -0.4 is 4.74 Å². The van der Waals surface area contributed by atoms with Crippen molar-refractivity contribution >= 4 is 31.9 Å². The second-order valence-corrected chi connectivity index (χ2v) is 6.18. The number of hydrogen-bond donors (Lipinski definition) is 1. The van der Waals surface area contributed by atoms with Gasteiger partial charge in [0.2, 0.25) is 0 Å². The van der Waals surface area contributed by atoms with E-state index in [1.807, 2.05) is 24.3 Å². The van der Waals surface area contributed by atoms with E-state index < -0.39 is 6.10 Å². The van der Waals surface area contributed by atoms with Crippen molar-refractivity contribution in [2.24, 2.45) is 0 Å². The summed E-state index contributed by atoms with van der Waals surface area (Å²) in [4.78, 5) is 8.37. The minimum atomic E-state index is -0.480. The zero-order valence-corrected chi connectivity index (χ0v) is 14.8. The van der Waals surface area contributed by atoms with Gasteiger partial charge in [-0.2, -0.15) is 0 Å². The minimum Gasteiger partial charge on any atom is -0.491 e. The van der Waals surface area contributed by atoms with Crippen molar-refractivity contribution in [3.8, 4) is 5.75 Å². The van der Waals surface area contributed by atoms with Crippen LogP contribution in [0.3, 0.4) is 0 Å². The molecule has 1 N–H and O–H groups in total. The van der Waals surface area contributed by atoms with Crippen LogP contribution in [0.2, 0.25) is 0 Å². The van der Waals surface area contributed by atoms with Crippen LogP contribution in [-0.2, 0) is 12.8 Å². The van der Waals surface area contributed by atoms with Crippen LogP contribution in [0.4, 0.5) is 0 Å². The molecule has 1 aromatic carbocycles. The number of ether oxygens (including phenoxy) is 1. The van der Waals surface area contributed by atoms with Gasteiger partial charge < -0.3 is 9.84 Å². The van der Waals surface area contributed by atoms with Gasteiger partial charge in [-0.15, -0.1) is 0 Å². The molecule has 0 aliphatic heterocycles. The average Bonchev–Trinajstić information content (AvgIpc) is 2.45. The van der Waals surface area contributed by atoms with Gasteiger partial charge in [0.25, 0.3) is 0 Å². The molecule has 112 valence electrons. The highest BCUT2D eigenvalue weighted by Crippen LogP contribution is 2.22. The van der Waals surface area contributed by atoms with Gasteiger partial charge in [-0.1, -0.05) is 18.2 Å². The summed E-state index contributed by atoms with van der Waals surface area (Å²) >= 11 is 6.69. The highest BCUT2D eigenvalue weighted by molar-refractivity contribution is 9.11. The third-order valence-electron chi connectivity index (χ3n) is 2.90. The number of para-hydroxylation sites is 1. The number of aromatic nitrogens is 2. The van der Waals surface area contributed by atoms with E-state index in [1.165, 1.54) is 0 Å². The highest BCUT2D eigenvalue weighted by Gasteiger charge is 2.08. The number of aryl methyl sites for hydroxylation is 2. The largest absolute Gasteiger partial charge is 0.491 e. The van der Waals surface area contributed by atoms with E-state index in [9.17, 15) is 5.11 Å². The Balaban J connectivity index is 2.05. The van der Waals surface area contributed by atoms with Gasteiger partial charge in [-0.25, -0.2) is 9.97 Å². The Labute approximate surface area is 140 Å². The minimum absolute atomic E-state index is 0.294. The predicted octanol–water partition coefficient (Wildman–Crippen LogP) is 3.55. The van der Waals surface area contributed by atoms with Crippen LogP contribution in [-0.4, -0.2) is 27.8 Å². The number of hydrogen-bond acceptors (Lipinski definition) is 4. The molecule has 0 saturated carbocycles. The summed E-state index contributed by atoms with van der Waals surface area (Å²) in [7, 11) is 0. The smallest absolute Gasteiger partial charge is 0.197 e. The molecule has 1 atom stereocenters. The second kappa shape index (κ2) is 7.87. The first-order valence-electron chi connectivity index (χ1n) is 6.62. The van der Waals surface area contributed by atoms with Gasteiger partial charge in [-0.3, -0.25) is 0 Å². The Bertz CT molecular complexity index is 606. The lowest BCUT2D eigenvalue weighted by Crippen LogP contribution is -2.13. The van der Waals surface area contributed by atoms with E-state index in [-0.39, 0.29) is 0 Å². The van der Waals surface area contributed by atoms with Crippen molar-refractivity contribution in [1.82, 2.24) is 9.97 Å². The van der Waals surface area contributed by atoms with Gasteiger partial charge in [0.05, 0.1) is 6.10 Å². The molecule has 4 nitrogen and oxygen atoms in total. The number of aliphatic hydroxyl groups excluding tert-OH is 1. The summed E-state index contributed by atoms with van der Waals surface area (Å²) in [5.41, 5.74) is 2.15. The summed E-state index contributed by atoms with van der Waals surface area (Å²) in [5.74, 6) is 0.813. The molecule has 0 saturated heterocycles. The van der Waals surface area contributed by atoms with Crippen molar-refractivity contribution in [2.45, 2.75) is 25.9 Å². The first-order valence-corrected chi connectivity index (χ1v) is 8.20. The Morgan fingerprint density at radius 2 is 1.90 bits per heavy atom. The summed E-state index contributed by atoms with van der Waals surface area (Å²) in [5, 5.41) is 9.32. The summed E-state index contributed by atoms with van der Waals surface area (Å²) in [6.45, 7) is 2.00. The quantitative estimate of drug-likeness (QED) is 0.579. The van der Waals surface area contributed by atoms with Crippen molar-refractivity contribution in [3.63, 3.8) is 0 Å². The van der Waals surface area contributed by atoms with Crippen LogP contribution in [0.5, 0.6) is 5.75 Å². The molecule has 0 amide bonds. The van der Waals surface area contributed by atoms with Crippen LogP contribution in [0.15, 0.2) is 39.8 Å². The summed E-state index contributed by atoms with van der Waals surface area (Å²) in [6, 6.07) is 7.87. The molecule has 0 spiro atoms. The van der Waals surface area contributed by atoms with E-state index in [1.54, 1.807) is 13.1 Å². The van der Waals surface area contributed by atoms with E-state index in [0.717, 1.165) is 34.3 Å². The third-order valence-corrected chi connectivity index (χ3v) is 3.97. The molecule has 0 radical (unpaired) electrons. The molecule has 2 aromatic rings. The predicted molar refractivity (Wildman–Crippen MR) is 88.5 cm³/mol. The molecular weight excluding hydrogens is 400 g/mol. The molecule has 2 rings (SSSR count). The number of benzene rings is 1. The topological polar surface area (TPSA) is 55.2 Å². The summed E-state index contributed by atoms with van der Waals surface area (Å²) < 4.78 is 7.00. The lowest BCUT2D eigenvalue weighted by Gasteiger charge is -2.13. The van der Waals surface area contributed by atoms with Crippen molar-refractivity contribution in [2.75, 3.05) is 6.61 Å². The van der Waals surface area contributed by atoms with Crippen molar-refractivity contribution in [1.29, 1.82) is 0 Å². The zero-order chi connectivity index (χ0) is 15.2. The molecule has 21 heavy (non-hydrogen) atoms. The van der Waals surface area contributed by atoms with Gasteiger partial charge in [0.1, 0.15) is 17.0 Å². The summed E-state index contributed by atoms with van der Waals surface area (Å²) in [6.07, 6.45) is 2.95.